The third kappa shape index (κ3) is 6.27. The van der Waals surface area contributed by atoms with Crippen LogP contribution < -0.4 is 14.8 Å². The second kappa shape index (κ2) is 11.9. The van der Waals surface area contributed by atoms with E-state index in [1.807, 2.05) is 37.3 Å². The highest BCUT2D eigenvalue weighted by atomic mass is 79.9. The quantitative estimate of drug-likeness (QED) is 0.518. The number of benzene rings is 2. The van der Waals surface area contributed by atoms with E-state index in [-0.39, 0.29) is 17.9 Å². The number of aliphatic hydroxyl groups excluding tert-OH is 1. The molecule has 3 rings (SSSR count). The number of rotatable bonds is 7. The van der Waals surface area contributed by atoms with E-state index < -0.39 is 6.10 Å². The number of carbonyl (C=O) groups is 1. The van der Waals surface area contributed by atoms with E-state index in [0.717, 1.165) is 42.1 Å². The number of ether oxygens (including phenoxy) is 2. The lowest BCUT2D eigenvalue weighted by Crippen LogP contribution is -2.43. The molecule has 0 aliphatic heterocycles. The first-order valence-corrected chi connectivity index (χ1v) is 11.8. The fraction of sp³-hybridized carbons (Fsp3) is 0.423. The third-order valence-electron chi connectivity index (χ3n) is 5.75. The first kappa shape index (κ1) is 24.2. The maximum Gasteiger partial charge on any atom is 0.253 e. The Morgan fingerprint density at radius 2 is 1.91 bits per heavy atom. The van der Waals surface area contributed by atoms with Gasteiger partial charge in [-0.15, -0.1) is 5.92 Å². The molecule has 6 heteroatoms. The Labute approximate surface area is 198 Å². The predicted molar refractivity (Wildman–Crippen MR) is 129 cm³/mol. The zero-order chi connectivity index (χ0) is 22.9. The maximum absolute atomic E-state index is 12.8. The molecule has 2 aromatic carbocycles. The molecule has 0 aromatic heterocycles. The van der Waals surface area contributed by atoms with Crippen LogP contribution in [0.25, 0.3) is 0 Å². The summed E-state index contributed by atoms with van der Waals surface area (Å²) in [4.78, 5) is 12.8. The molecular weight excluding hydrogens is 470 g/mol. The highest BCUT2D eigenvalue weighted by Gasteiger charge is 2.30. The van der Waals surface area contributed by atoms with Gasteiger partial charge in [-0.1, -0.05) is 59.8 Å². The van der Waals surface area contributed by atoms with E-state index in [1.54, 1.807) is 19.2 Å². The molecular formula is C26H30BrNO4. The van der Waals surface area contributed by atoms with Gasteiger partial charge in [0.15, 0.2) is 17.6 Å². The van der Waals surface area contributed by atoms with Crippen LogP contribution in [0.5, 0.6) is 11.5 Å². The van der Waals surface area contributed by atoms with Crippen LogP contribution in [0.3, 0.4) is 0 Å². The molecule has 2 aromatic rings. The number of carbonyl (C=O) groups excluding carboxylic acids is 1. The first-order chi connectivity index (χ1) is 15.5. The standard InChI is InChI=1S/C26H30BrNO4/c1-3-4-7-16-32-23-15-12-19(17-24(23)31-2)21-8-5-6-9-22(21)28-26(30)25(29)18-10-13-20(27)14-11-18/h10-15,17,21-22,25,29H,3,5-6,8-9,16H2,1-2H3,(H,28,30)/t21-,22+,25?/m0/s1. The largest absolute Gasteiger partial charge is 0.493 e. The summed E-state index contributed by atoms with van der Waals surface area (Å²) in [5.41, 5.74) is 1.67. The number of hydrogen-bond donors (Lipinski definition) is 2. The van der Waals surface area contributed by atoms with E-state index in [0.29, 0.717) is 23.7 Å². The van der Waals surface area contributed by atoms with E-state index in [9.17, 15) is 9.90 Å². The van der Waals surface area contributed by atoms with Gasteiger partial charge in [-0.2, -0.15) is 0 Å². The number of hydrogen-bond acceptors (Lipinski definition) is 4. The molecule has 3 atom stereocenters. The summed E-state index contributed by atoms with van der Waals surface area (Å²) in [7, 11) is 1.62. The minimum atomic E-state index is -1.19. The summed E-state index contributed by atoms with van der Waals surface area (Å²) >= 11 is 3.37. The van der Waals surface area contributed by atoms with Gasteiger partial charge >= 0.3 is 0 Å². The maximum atomic E-state index is 12.8. The molecule has 1 fully saturated rings. The molecule has 0 heterocycles. The lowest BCUT2D eigenvalue weighted by Gasteiger charge is -2.33. The van der Waals surface area contributed by atoms with Gasteiger partial charge in [0.25, 0.3) is 5.91 Å². The number of nitrogens with one attached hydrogen (secondary N) is 1. The van der Waals surface area contributed by atoms with Gasteiger partial charge in [-0.25, -0.2) is 0 Å². The van der Waals surface area contributed by atoms with Crippen molar-refractivity contribution >= 4 is 21.8 Å². The molecule has 5 nitrogen and oxygen atoms in total. The lowest BCUT2D eigenvalue weighted by atomic mass is 9.79. The summed E-state index contributed by atoms with van der Waals surface area (Å²) < 4.78 is 12.2. The van der Waals surface area contributed by atoms with Gasteiger partial charge in [0.1, 0.15) is 6.61 Å². The van der Waals surface area contributed by atoms with Gasteiger partial charge in [-0.3, -0.25) is 4.79 Å². The molecule has 2 N–H and O–H groups in total. The normalized spacial score (nSPS) is 18.8. The molecule has 170 valence electrons. The fourth-order valence-corrected chi connectivity index (χ4v) is 4.35. The molecule has 0 saturated heterocycles. The molecule has 1 unspecified atom stereocenters. The van der Waals surface area contributed by atoms with Gasteiger partial charge in [0, 0.05) is 22.9 Å². The Kier molecular flexibility index (Phi) is 9.01. The van der Waals surface area contributed by atoms with Crippen molar-refractivity contribution in [2.45, 2.75) is 57.1 Å². The smallest absolute Gasteiger partial charge is 0.253 e. The summed E-state index contributed by atoms with van der Waals surface area (Å²) in [5.74, 6) is 7.05. The lowest BCUT2D eigenvalue weighted by molar-refractivity contribution is -0.130. The second-order valence-electron chi connectivity index (χ2n) is 7.87. The van der Waals surface area contributed by atoms with Crippen LogP contribution in [0, 0.1) is 11.8 Å². The third-order valence-corrected chi connectivity index (χ3v) is 6.27. The van der Waals surface area contributed by atoms with Crippen molar-refractivity contribution in [2.24, 2.45) is 0 Å². The van der Waals surface area contributed by atoms with Gasteiger partial charge in [-0.05, 0) is 48.2 Å². The van der Waals surface area contributed by atoms with Crippen molar-refractivity contribution < 1.29 is 19.4 Å². The number of amides is 1. The van der Waals surface area contributed by atoms with Crippen LogP contribution in [0.15, 0.2) is 46.9 Å². The van der Waals surface area contributed by atoms with Crippen LogP contribution in [0.4, 0.5) is 0 Å². The predicted octanol–water partition coefficient (Wildman–Crippen LogP) is 5.13. The van der Waals surface area contributed by atoms with E-state index in [4.69, 9.17) is 9.47 Å². The Balaban J connectivity index is 1.72. The van der Waals surface area contributed by atoms with Crippen LogP contribution in [0.1, 0.15) is 62.2 Å². The fourth-order valence-electron chi connectivity index (χ4n) is 4.08. The van der Waals surface area contributed by atoms with Crippen molar-refractivity contribution in [3.8, 4) is 23.3 Å². The van der Waals surface area contributed by atoms with Gasteiger partial charge in [0.05, 0.1) is 7.11 Å². The minimum Gasteiger partial charge on any atom is -0.493 e. The molecule has 0 radical (unpaired) electrons. The Morgan fingerprint density at radius 1 is 1.16 bits per heavy atom. The summed E-state index contributed by atoms with van der Waals surface area (Å²) in [6.07, 6.45) is 3.58. The number of halogens is 1. The molecule has 1 aliphatic carbocycles. The van der Waals surface area contributed by atoms with Crippen molar-refractivity contribution in [2.75, 3.05) is 13.7 Å². The van der Waals surface area contributed by atoms with E-state index in [1.165, 1.54) is 0 Å². The molecule has 0 bridgehead atoms. The Morgan fingerprint density at radius 3 is 2.62 bits per heavy atom. The topological polar surface area (TPSA) is 67.8 Å². The summed E-state index contributed by atoms with van der Waals surface area (Å²) in [5, 5.41) is 13.6. The Bertz CT molecular complexity index is 964. The summed E-state index contributed by atoms with van der Waals surface area (Å²) in [6, 6.07) is 13.0. The summed E-state index contributed by atoms with van der Waals surface area (Å²) in [6.45, 7) is 2.32. The van der Waals surface area contributed by atoms with Crippen molar-refractivity contribution in [3.63, 3.8) is 0 Å². The second-order valence-corrected chi connectivity index (χ2v) is 8.78. The van der Waals surface area contributed by atoms with E-state index in [2.05, 4.69) is 33.1 Å². The highest BCUT2D eigenvalue weighted by Crippen LogP contribution is 2.38. The van der Waals surface area contributed by atoms with E-state index >= 15 is 0 Å². The zero-order valence-corrected chi connectivity index (χ0v) is 20.2. The minimum absolute atomic E-state index is 0.0479. The SMILES string of the molecule is CCC#CCOc1ccc([C@@H]2CCCC[C@H]2NC(=O)C(O)c2ccc(Br)cc2)cc1OC. The van der Waals surface area contributed by atoms with Crippen molar-refractivity contribution in [1.29, 1.82) is 0 Å². The number of aliphatic hydroxyl groups is 1. The molecule has 1 amide bonds. The zero-order valence-electron chi connectivity index (χ0n) is 18.6. The monoisotopic (exact) mass is 499 g/mol. The number of methoxy groups -OCH3 is 1. The first-order valence-electron chi connectivity index (χ1n) is 11.0. The molecule has 0 spiro atoms. The van der Waals surface area contributed by atoms with Crippen molar-refractivity contribution in [1.82, 2.24) is 5.32 Å². The van der Waals surface area contributed by atoms with Crippen LogP contribution in [-0.2, 0) is 4.79 Å². The Hall–Kier alpha value is -2.49. The van der Waals surface area contributed by atoms with Gasteiger partial charge in [0.2, 0.25) is 0 Å². The van der Waals surface area contributed by atoms with Crippen LogP contribution in [-0.4, -0.2) is 30.8 Å². The van der Waals surface area contributed by atoms with Crippen LogP contribution >= 0.6 is 15.9 Å². The van der Waals surface area contributed by atoms with Gasteiger partial charge < -0.3 is 19.9 Å². The molecule has 1 saturated carbocycles. The molecule has 1 aliphatic rings. The molecule has 32 heavy (non-hydrogen) atoms. The van der Waals surface area contributed by atoms with Crippen molar-refractivity contribution in [3.05, 3.63) is 58.1 Å². The highest BCUT2D eigenvalue weighted by molar-refractivity contribution is 9.10. The average Bonchev–Trinajstić information content (AvgIpc) is 2.82. The average molecular weight is 500 g/mol. The van der Waals surface area contributed by atoms with Crippen LogP contribution in [0.2, 0.25) is 0 Å².